The maximum Gasteiger partial charge on any atom is 0.264 e. The molecule has 0 fully saturated rings. The molecule has 0 aliphatic carbocycles. The van der Waals surface area contributed by atoms with Gasteiger partial charge in [-0.05, 0) is 79.9 Å². The maximum atomic E-state index is 14.6. The van der Waals surface area contributed by atoms with Crippen LogP contribution in [0.15, 0.2) is 102 Å². The van der Waals surface area contributed by atoms with Crippen molar-refractivity contribution >= 4 is 50.7 Å². The molecule has 0 radical (unpaired) electrons. The topological polar surface area (TPSA) is 96.0 Å². The van der Waals surface area contributed by atoms with Gasteiger partial charge < -0.3 is 15.0 Å². The van der Waals surface area contributed by atoms with E-state index in [2.05, 4.69) is 5.32 Å². The molecule has 0 saturated carbocycles. The van der Waals surface area contributed by atoms with Gasteiger partial charge in [-0.3, -0.25) is 13.9 Å². The number of carbonyl (C=O) groups is 2. The van der Waals surface area contributed by atoms with Crippen LogP contribution >= 0.6 is 23.2 Å². The number of benzene rings is 4. The van der Waals surface area contributed by atoms with Crippen molar-refractivity contribution < 1.29 is 22.7 Å². The SMILES string of the molecule is CC[C@H](C)NC(=O)[C@H](Cc1ccccc1)N(Cc1ccc(Cl)cc1Cl)C(=O)CN(c1ccc(C)cc1)S(=O)(=O)c1ccc(OC)cc1. The second kappa shape index (κ2) is 16.2. The average molecular weight is 697 g/mol. The number of anilines is 1. The van der Waals surface area contributed by atoms with Crippen molar-refractivity contribution in [1.29, 1.82) is 0 Å². The third-order valence-electron chi connectivity index (χ3n) is 7.88. The minimum atomic E-state index is -4.25. The van der Waals surface area contributed by atoms with Gasteiger partial charge in [-0.15, -0.1) is 0 Å². The molecule has 0 saturated heterocycles. The molecule has 11 heteroatoms. The molecule has 0 aliphatic heterocycles. The molecule has 2 atom stereocenters. The standard InChI is InChI=1S/C36H39Cl2N3O5S/c1-5-26(3)39-36(43)34(21-27-9-7-6-8-10-27)40(23-28-13-14-29(37)22-33(28)38)35(42)24-41(30-15-11-25(2)12-16-30)47(44,45)32-19-17-31(46-4)18-20-32/h6-20,22,26,34H,5,21,23-24H2,1-4H3,(H,39,43)/t26-,34-/m0/s1. The number of hydrogen-bond donors (Lipinski definition) is 1. The molecular formula is C36H39Cl2N3O5S. The number of amides is 2. The Balaban J connectivity index is 1.82. The highest BCUT2D eigenvalue weighted by Crippen LogP contribution is 2.28. The van der Waals surface area contributed by atoms with Crippen molar-refractivity contribution in [2.24, 2.45) is 0 Å². The number of aryl methyl sites for hydroxylation is 1. The normalized spacial score (nSPS) is 12.6. The average Bonchev–Trinajstić information content (AvgIpc) is 3.06. The van der Waals surface area contributed by atoms with Crippen LogP contribution in [0.4, 0.5) is 5.69 Å². The lowest BCUT2D eigenvalue weighted by Crippen LogP contribution is -2.54. The fraction of sp³-hybridized carbons (Fsp3) is 0.278. The van der Waals surface area contributed by atoms with Crippen molar-refractivity contribution in [2.45, 2.75) is 57.1 Å². The van der Waals surface area contributed by atoms with Gasteiger partial charge in [0.2, 0.25) is 11.8 Å². The first-order chi connectivity index (χ1) is 22.4. The molecule has 47 heavy (non-hydrogen) atoms. The molecule has 4 aromatic carbocycles. The predicted molar refractivity (Wildman–Crippen MR) is 188 cm³/mol. The monoisotopic (exact) mass is 695 g/mol. The number of carbonyl (C=O) groups excluding carboxylic acids is 2. The molecule has 0 bridgehead atoms. The van der Waals surface area contributed by atoms with Crippen LogP contribution in [0.25, 0.3) is 0 Å². The van der Waals surface area contributed by atoms with E-state index in [9.17, 15) is 18.0 Å². The molecule has 1 N–H and O–H groups in total. The summed E-state index contributed by atoms with van der Waals surface area (Å²) in [6.07, 6.45) is 0.873. The Bertz CT molecular complexity index is 1770. The first kappa shape index (κ1) is 35.8. The van der Waals surface area contributed by atoms with Crippen LogP contribution in [-0.4, -0.2) is 50.9 Å². The van der Waals surface area contributed by atoms with Gasteiger partial charge in [0.25, 0.3) is 10.0 Å². The van der Waals surface area contributed by atoms with Crippen molar-refractivity contribution in [1.82, 2.24) is 10.2 Å². The fourth-order valence-electron chi connectivity index (χ4n) is 4.94. The summed E-state index contributed by atoms with van der Waals surface area (Å²) in [6.45, 7) is 5.09. The number of hydrogen-bond acceptors (Lipinski definition) is 5. The van der Waals surface area contributed by atoms with Gasteiger partial charge in [0.1, 0.15) is 18.3 Å². The number of halogens is 2. The number of sulfonamides is 1. The van der Waals surface area contributed by atoms with Gasteiger partial charge >= 0.3 is 0 Å². The first-order valence-corrected chi connectivity index (χ1v) is 17.4. The Labute approximate surface area is 287 Å². The van der Waals surface area contributed by atoms with Gasteiger partial charge in [0.05, 0.1) is 17.7 Å². The summed E-state index contributed by atoms with van der Waals surface area (Å²) < 4.78 is 34.7. The van der Waals surface area contributed by atoms with E-state index in [1.807, 2.05) is 51.1 Å². The molecule has 8 nitrogen and oxygen atoms in total. The number of ether oxygens (including phenoxy) is 1. The van der Waals surface area contributed by atoms with Crippen LogP contribution in [0.1, 0.15) is 37.0 Å². The van der Waals surface area contributed by atoms with E-state index in [1.54, 1.807) is 54.6 Å². The third-order valence-corrected chi connectivity index (χ3v) is 10.3. The van der Waals surface area contributed by atoms with Gasteiger partial charge in [-0.25, -0.2) is 8.42 Å². The molecule has 4 aromatic rings. The van der Waals surface area contributed by atoms with E-state index in [0.717, 1.165) is 15.4 Å². The molecule has 0 aliphatic rings. The molecule has 0 aromatic heterocycles. The molecule has 0 unspecified atom stereocenters. The summed E-state index contributed by atoms with van der Waals surface area (Å²) in [5.74, 6) is -0.459. The van der Waals surface area contributed by atoms with Crippen LogP contribution in [0.3, 0.4) is 0 Å². The summed E-state index contributed by atoms with van der Waals surface area (Å²) >= 11 is 12.8. The van der Waals surface area contributed by atoms with Gasteiger partial charge in [0.15, 0.2) is 0 Å². The summed E-state index contributed by atoms with van der Waals surface area (Å²) in [5, 5.41) is 3.76. The molecule has 2 amide bonds. The Hall–Kier alpha value is -4.05. The van der Waals surface area contributed by atoms with Crippen molar-refractivity contribution in [3.05, 3.63) is 124 Å². The summed E-state index contributed by atoms with van der Waals surface area (Å²) in [7, 11) is -2.76. The Morgan fingerprint density at radius 3 is 2.17 bits per heavy atom. The highest BCUT2D eigenvalue weighted by molar-refractivity contribution is 7.92. The van der Waals surface area contributed by atoms with Crippen molar-refractivity contribution in [3.63, 3.8) is 0 Å². The number of rotatable bonds is 14. The predicted octanol–water partition coefficient (Wildman–Crippen LogP) is 7.06. The van der Waals surface area contributed by atoms with Gasteiger partial charge in [-0.1, -0.05) is 84.2 Å². The second-order valence-electron chi connectivity index (χ2n) is 11.3. The zero-order valence-corrected chi connectivity index (χ0v) is 29.1. The summed E-state index contributed by atoms with van der Waals surface area (Å²) in [4.78, 5) is 29.9. The van der Waals surface area contributed by atoms with Crippen LogP contribution in [-0.2, 0) is 32.6 Å². The number of methoxy groups -OCH3 is 1. The van der Waals surface area contributed by atoms with Crippen molar-refractivity contribution in [3.8, 4) is 5.75 Å². The van der Waals surface area contributed by atoms with E-state index in [-0.39, 0.29) is 29.8 Å². The van der Waals surface area contributed by atoms with Crippen LogP contribution in [0, 0.1) is 6.92 Å². The van der Waals surface area contributed by atoms with E-state index in [4.69, 9.17) is 27.9 Å². The zero-order valence-electron chi connectivity index (χ0n) is 26.8. The fourth-order valence-corrected chi connectivity index (χ4v) is 6.83. The van der Waals surface area contributed by atoms with Gasteiger partial charge in [-0.2, -0.15) is 0 Å². The molecule has 248 valence electrons. The smallest absolute Gasteiger partial charge is 0.264 e. The van der Waals surface area contributed by atoms with Gasteiger partial charge in [0, 0.05) is 29.1 Å². The largest absolute Gasteiger partial charge is 0.497 e. The molecule has 0 spiro atoms. The minimum absolute atomic E-state index is 0.0191. The Morgan fingerprint density at radius 1 is 0.915 bits per heavy atom. The van der Waals surface area contributed by atoms with Crippen LogP contribution < -0.4 is 14.4 Å². The van der Waals surface area contributed by atoms with Crippen LogP contribution in [0.5, 0.6) is 5.75 Å². The number of nitrogens with one attached hydrogen (secondary N) is 1. The highest BCUT2D eigenvalue weighted by atomic mass is 35.5. The zero-order chi connectivity index (χ0) is 34.1. The highest BCUT2D eigenvalue weighted by Gasteiger charge is 2.35. The van der Waals surface area contributed by atoms with E-state index >= 15 is 0 Å². The van der Waals surface area contributed by atoms with E-state index in [1.165, 1.54) is 24.1 Å². The third kappa shape index (κ3) is 9.28. The lowest BCUT2D eigenvalue weighted by molar-refractivity contribution is -0.140. The Morgan fingerprint density at radius 2 is 1.57 bits per heavy atom. The number of nitrogens with zero attached hydrogens (tertiary/aromatic N) is 2. The minimum Gasteiger partial charge on any atom is -0.497 e. The summed E-state index contributed by atoms with van der Waals surface area (Å²) in [5.41, 5.74) is 2.61. The lowest BCUT2D eigenvalue weighted by atomic mass is 10.0. The van der Waals surface area contributed by atoms with Crippen LogP contribution in [0.2, 0.25) is 10.0 Å². The lowest BCUT2D eigenvalue weighted by Gasteiger charge is -2.34. The Kier molecular flexibility index (Phi) is 12.3. The maximum absolute atomic E-state index is 14.6. The summed E-state index contributed by atoms with van der Waals surface area (Å²) in [6, 6.07) is 26.0. The molecular weight excluding hydrogens is 657 g/mol. The first-order valence-electron chi connectivity index (χ1n) is 15.2. The van der Waals surface area contributed by atoms with Crippen molar-refractivity contribution in [2.75, 3.05) is 18.0 Å². The van der Waals surface area contributed by atoms with E-state index < -0.39 is 28.5 Å². The second-order valence-corrected chi connectivity index (χ2v) is 14.0. The molecule has 0 heterocycles. The quantitative estimate of drug-likeness (QED) is 0.152. The van der Waals surface area contributed by atoms with E-state index in [0.29, 0.717) is 33.5 Å². The molecule has 4 rings (SSSR count).